The number of hydrogen-bond donors (Lipinski definition) is 0. The first kappa shape index (κ1) is 12.0. The lowest BCUT2D eigenvalue weighted by molar-refractivity contribution is 0.0526. The summed E-state index contributed by atoms with van der Waals surface area (Å²) in [4.78, 5) is 11.4. The maximum absolute atomic E-state index is 11.4. The maximum atomic E-state index is 11.4. The van der Waals surface area contributed by atoms with Crippen molar-refractivity contribution in [3.8, 4) is 6.07 Å². The first-order valence-electron chi connectivity index (χ1n) is 4.47. The number of esters is 1. The molecule has 0 aliphatic heterocycles. The summed E-state index contributed by atoms with van der Waals surface area (Å²) in [7, 11) is 0. The number of halogens is 1. The van der Waals surface area contributed by atoms with Gasteiger partial charge in [-0.2, -0.15) is 5.26 Å². The highest BCUT2D eigenvalue weighted by Gasteiger charge is 2.11. The molecule has 0 heterocycles. The van der Waals surface area contributed by atoms with Crippen LogP contribution in [-0.4, -0.2) is 12.6 Å². The minimum atomic E-state index is -0.344. The smallest absolute Gasteiger partial charge is 0.338 e. The van der Waals surface area contributed by atoms with E-state index in [0.717, 1.165) is 9.13 Å². The van der Waals surface area contributed by atoms with Gasteiger partial charge in [0, 0.05) is 3.57 Å². The highest BCUT2D eigenvalue weighted by atomic mass is 127. The van der Waals surface area contributed by atoms with Crippen LogP contribution in [0, 0.1) is 21.8 Å². The lowest BCUT2D eigenvalue weighted by atomic mass is 10.1. The fraction of sp³-hybridized carbons (Fsp3) is 0.273. The van der Waals surface area contributed by atoms with Gasteiger partial charge in [0.25, 0.3) is 0 Å². The Morgan fingerprint density at radius 1 is 1.60 bits per heavy atom. The molecule has 1 aromatic carbocycles. The van der Waals surface area contributed by atoms with Crippen molar-refractivity contribution in [2.75, 3.05) is 6.61 Å². The molecule has 0 saturated carbocycles. The summed E-state index contributed by atoms with van der Waals surface area (Å²) < 4.78 is 5.66. The zero-order valence-electron chi connectivity index (χ0n) is 8.50. The Bertz CT molecular complexity index is 412. The Morgan fingerprint density at radius 2 is 2.27 bits per heavy atom. The minimum Gasteiger partial charge on any atom is -0.462 e. The largest absolute Gasteiger partial charge is 0.462 e. The molecule has 78 valence electrons. The summed E-state index contributed by atoms with van der Waals surface area (Å²) in [5.41, 5.74) is 1.91. The number of carbonyl (C=O) groups excluding carboxylic acids is 1. The van der Waals surface area contributed by atoms with E-state index in [1.54, 1.807) is 19.1 Å². The van der Waals surface area contributed by atoms with Crippen molar-refractivity contribution in [1.82, 2.24) is 0 Å². The number of nitriles is 1. The summed E-state index contributed by atoms with van der Waals surface area (Å²) in [5.74, 6) is -0.344. The summed E-state index contributed by atoms with van der Waals surface area (Å²) >= 11 is 2.04. The normalized spacial score (nSPS) is 9.47. The maximum Gasteiger partial charge on any atom is 0.338 e. The van der Waals surface area contributed by atoms with Crippen molar-refractivity contribution in [2.45, 2.75) is 13.8 Å². The molecule has 0 atom stereocenters. The van der Waals surface area contributed by atoms with E-state index in [1.807, 2.05) is 29.5 Å². The SMILES string of the molecule is CCOC(=O)c1cc(C)c(C#N)c(I)c1. The third kappa shape index (κ3) is 2.69. The molecule has 0 amide bonds. The number of carbonyl (C=O) groups is 1. The predicted molar refractivity (Wildman–Crippen MR) is 64.6 cm³/mol. The Balaban J connectivity index is 3.15. The lowest BCUT2D eigenvalue weighted by Crippen LogP contribution is -2.06. The molecule has 4 heteroatoms. The van der Waals surface area contributed by atoms with Gasteiger partial charge in [-0.15, -0.1) is 0 Å². The van der Waals surface area contributed by atoms with E-state index in [-0.39, 0.29) is 5.97 Å². The van der Waals surface area contributed by atoms with Crippen LogP contribution in [-0.2, 0) is 4.74 Å². The van der Waals surface area contributed by atoms with Crippen molar-refractivity contribution in [2.24, 2.45) is 0 Å². The Labute approximate surface area is 102 Å². The number of nitrogens with zero attached hydrogens (tertiary/aromatic N) is 1. The molecule has 1 rings (SSSR count). The quantitative estimate of drug-likeness (QED) is 0.623. The van der Waals surface area contributed by atoms with Crippen LogP contribution in [0.1, 0.15) is 28.4 Å². The molecule has 0 aromatic heterocycles. The predicted octanol–water partition coefficient (Wildman–Crippen LogP) is 2.65. The van der Waals surface area contributed by atoms with Gasteiger partial charge in [-0.25, -0.2) is 4.79 Å². The molecule has 0 saturated heterocycles. The summed E-state index contributed by atoms with van der Waals surface area (Å²) in [5, 5.41) is 8.86. The first-order valence-corrected chi connectivity index (χ1v) is 5.55. The van der Waals surface area contributed by atoms with Crippen molar-refractivity contribution in [3.05, 3.63) is 32.4 Å². The van der Waals surface area contributed by atoms with Gasteiger partial charge in [0.2, 0.25) is 0 Å². The van der Waals surface area contributed by atoms with Gasteiger partial charge >= 0.3 is 5.97 Å². The van der Waals surface area contributed by atoms with Crippen LogP contribution in [0.3, 0.4) is 0 Å². The van der Waals surface area contributed by atoms with Gasteiger partial charge in [0.05, 0.1) is 17.7 Å². The van der Waals surface area contributed by atoms with Crippen molar-refractivity contribution in [1.29, 1.82) is 5.26 Å². The number of rotatable bonds is 2. The van der Waals surface area contributed by atoms with Crippen molar-refractivity contribution in [3.63, 3.8) is 0 Å². The van der Waals surface area contributed by atoms with Gasteiger partial charge in [0.1, 0.15) is 6.07 Å². The zero-order chi connectivity index (χ0) is 11.4. The molecule has 0 fully saturated rings. The molecule has 0 aliphatic carbocycles. The molecule has 3 nitrogen and oxygen atoms in total. The summed E-state index contributed by atoms with van der Waals surface area (Å²) in [6, 6.07) is 5.45. The number of hydrogen-bond acceptors (Lipinski definition) is 3. The van der Waals surface area contributed by atoms with E-state index < -0.39 is 0 Å². The molecule has 0 radical (unpaired) electrons. The highest BCUT2D eigenvalue weighted by Crippen LogP contribution is 2.18. The first-order chi connectivity index (χ1) is 7.10. The Morgan fingerprint density at radius 3 is 2.73 bits per heavy atom. The molecular formula is C11H10INO2. The standard InChI is InChI=1S/C11H10INO2/c1-3-15-11(14)8-4-7(2)9(6-13)10(12)5-8/h4-5H,3H2,1-2H3. The van der Waals surface area contributed by atoms with Crippen molar-refractivity contribution >= 4 is 28.6 Å². The fourth-order valence-corrected chi connectivity index (χ4v) is 2.10. The van der Waals surface area contributed by atoms with Gasteiger partial charge in [-0.3, -0.25) is 0 Å². The second-order valence-corrected chi connectivity index (χ2v) is 4.14. The molecule has 0 spiro atoms. The molecule has 15 heavy (non-hydrogen) atoms. The van der Waals surface area contributed by atoms with Gasteiger partial charge in [-0.1, -0.05) is 0 Å². The lowest BCUT2D eigenvalue weighted by Gasteiger charge is -2.05. The van der Waals surface area contributed by atoms with E-state index in [1.165, 1.54) is 0 Å². The molecule has 0 aliphatic rings. The monoisotopic (exact) mass is 315 g/mol. The van der Waals surface area contributed by atoms with E-state index in [4.69, 9.17) is 10.00 Å². The Kier molecular flexibility index (Phi) is 4.09. The number of ether oxygens (including phenoxy) is 1. The van der Waals surface area contributed by atoms with E-state index >= 15 is 0 Å². The zero-order valence-corrected chi connectivity index (χ0v) is 10.7. The highest BCUT2D eigenvalue weighted by molar-refractivity contribution is 14.1. The molecule has 0 N–H and O–H groups in total. The summed E-state index contributed by atoms with van der Waals surface area (Å²) in [6.07, 6.45) is 0. The minimum absolute atomic E-state index is 0.344. The van der Waals surface area contributed by atoms with Crippen LogP contribution < -0.4 is 0 Å². The second kappa shape index (κ2) is 5.12. The van der Waals surface area contributed by atoms with Gasteiger partial charge < -0.3 is 4.74 Å². The van der Waals surface area contributed by atoms with Crippen LogP contribution >= 0.6 is 22.6 Å². The van der Waals surface area contributed by atoms with Gasteiger partial charge in [0.15, 0.2) is 0 Å². The summed E-state index contributed by atoms with van der Waals surface area (Å²) in [6.45, 7) is 3.93. The van der Waals surface area contributed by atoms with Crippen LogP contribution in [0.15, 0.2) is 12.1 Å². The van der Waals surface area contributed by atoms with Crippen LogP contribution in [0.2, 0.25) is 0 Å². The van der Waals surface area contributed by atoms with Crippen LogP contribution in [0.5, 0.6) is 0 Å². The Hall–Kier alpha value is -1.09. The number of benzene rings is 1. The van der Waals surface area contributed by atoms with E-state index in [2.05, 4.69) is 6.07 Å². The number of aryl methyl sites for hydroxylation is 1. The van der Waals surface area contributed by atoms with Crippen molar-refractivity contribution < 1.29 is 9.53 Å². The topological polar surface area (TPSA) is 50.1 Å². The van der Waals surface area contributed by atoms with E-state index in [9.17, 15) is 4.79 Å². The third-order valence-corrected chi connectivity index (χ3v) is 2.76. The van der Waals surface area contributed by atoms with Crippen LogP contribution in [0.4, 0.5) is 0 Å². The molecule has 0 bridgehead atoms. The van der Waals surface area contributed by atoms with Gasteiger partial charge in [-0.05, 0) is 54.1 Å². The third-order valence-electron chi connectivity index (χ3n) is 1.91. The molecule has 0 unspecified atom stereocenters. The average molecular weight is 315 g/mol. The van der Waals surface area contributed by atoms with Crippen LogP contribution in [0.25, 0.3) is 0 Å². The fourth-order valence-electron chi connectivity index (χ4n) is 1.22. The van der Waals surface area contributed by atoms with E-state index in [0.29, 0.717) is 17.7 Å². The second-order valence-electron chi connectivity index (χ2n) is 2.98. The molecular weight excluding hydrogens is 305 g/mol. The molecule has 1 aromatic rings. The average Bonchev–Trinajstić information content (AvgIpc) is 2.17.